The van der Waals surface area contributed by atoms with Crippen LogP contribution in [-0.2, 0) is 17.6 Å². The van der Waals surface area contributed by atoms with Crippen molar-refractivity contribution in [3.8, 4) is 0 Å². The predicted octanol–water partition coefficient (Wildman–Crippen LogP) is 3.22. The molecule has 4 nitrogen and oxygen atoms in total. The minimum absolute atomic E-state index is 0.0457. The molecule has 1 atom stereocenters. The molecule has 132 valence electrons. The number of hydrogen-bond donors (Lipinski definition) is 2. The second-order valence-corrected chi connectivity index (χ2v) is 7.33. The maximum atomic E-state index is 12.0. The van der Waals surface area contributed by atoms with E-state index < -0.39 is 6.10 Å². The first-order chi connectivity index (χ1) is 12.0. The van der Waals surface area contributed by atoms with Gasteiger partial charge in [-0.2, -0.15) is 0 Å². The van der Waals surface area contributed by atoms with E-state index in [9.17, 15) is 9.90 Å². The fraction of sp³-hybridized carbons (Fsp3) is 0.350. The number of carbonyl (C=O) groups excluding carboxylic acids is 1. The molecule has 0 spiro atoms. The molecular formula is C20H23BrN2O2. The van der Waals surface area contributed by atoms with E-state index in [2.05, 4.69) is 45.3 Å². The molecule has 2 N–H and O–H groups in total. The molecule has 25 heavy (non-hydrogen) atoms. The number of hydrogen-bond acceptors (Lipinski definition) is 3. The minimum Gasteiger partial charge on any atom is -0.387 e. The molecule has 2 aromatic carbocycles. The van der Waals surface area contributed by atoms with Crippen molar-refractivity contribution in [3.63, 3.8) is 0 Å². The summed E-state index contributed by atoms with van der Waals surface area (Å²) in [6.07, 6.45) is 1.41. The summed E-state index contributed by atoms with van der Waals surface area (Å²) < 4.78 is 1.02. The third kappa shape index (κ3) is 4.41. The molecule has 3 rings (SSSR count). The van der Waals surface area contributed by atoms with E-state index in [1.807, 2.05) is 30.3 Å². The first kappa shape index (κ1) is 18.0. The Bertz CT molecular complexity index is 763. The molecule has 1 heterocycles. The number of anilines is 1. The molecule has 5 heteroatoms. The van der Waals surface area contributed by atoms with Crippen LogP contribution in [0.4, 0.5) is 5.69 Å². The van der Waals surface area contributed by atoms with Gasteiger partial charge in [0.05, 0.1) is 6.10 Å². The molecule has 0 saturated heterocycles. The number of likely N-dealkylation sites (N-methyl/N-ethyl adjacent to an activating group) is 1. The number of aliphatic hydroxyl groups is 1. The van der Waals surface area contributed by atoms with Gasteiger partial charge in [-0.15, -0.1) is 0 Å². The standard InChI is InChI=1S/C20H23BrN2O2/c1-23-11-10-15-12-16(6-8-18(15)23)19(24)13-22-20(25)9-7-14-4-2-3-5-17(14)21/h2-6,8,12,19,24H,7,9-11,13H2,1H3,(H,22,25). The quantitative estimate of drug-likeness (QED) is 0.779. The molecule has 2 aromatic rings. The fourth-order valence-electron chi connectivity index (χ4n) is 3.16. The monoisotopic (exact) mass is 402 g/mol. The Balaban J connectivity index is 1.49. The highest BCUT2D eigenvalue weighted by Gasteiger charge is 2.18. The number of fused-ring (bicyclic) bond motifs is 1. The van der Waals surface area contributed by atoms with E-state index in [-0.39, 0.29) is 12.5 Å². The zero-order valence-electron chi connectivity index (χ0n) is 14.3. The van der Waals surface area contributed by atoms with Crippen LogP contribution in [0.5, 0.6) is 0 Å². The van der Waals surface area contributed by atoms with E-state index in [4.69, 9.17) is 0 Å². The van der Waals surface area contributed by atoms with Crippen molar-refractivity contribution in [2.24, 2.45) is 0 Å². The van der Waals surface area contributed by atoms with Crippen LogP contribution >= 0.6 is 15.9 Å². The van der Waals surface area contributed by atoms with Crippen LogP contribution in [0, 0.1) is 0 Å². The van der Waals surface area contributed by atoms with Crippen LogP contribution in [0.2, 0.25) is 0 Å². The lowest BCUT2D eigenvalue weighted by Crippen LogP contribution is -2.28. The van der Waals surface area contributed by atoms with Gasteiger partial charge in [0.25, 0.3) is 0 Å². The first-order valence-corrected chi connectivity index (χ1v) is 9.36. The highest BCUT2D eigenvalue weighted by atomic mass is 79.9. The summed E-state index contributed by atoms with van der Waals surface area (Å²) >= 11 is 3.49. The van der Waals surface area contributed by atoms with Crippen molar-refractivity contribution in [1.82, 2.24) is 5.32 Å². The highest BCUT2D eigenvalue weighted by Crippen LogP contribution is 2.29. The maximum absolute atomic E-state index is 12.0. The molecule has 1 aliphatic rings. The molecule has 0 fully saturated rings. The summed E-state index contributed by atoms with van der Waals surface area (Å²) in [5.41, 5.74) is 4.47. The van der Waals surface area contributed by atoms with Gasteiger partial charge >= 0.3 is 0 Å². The van der Waals surface area contributed by atoms with Gasteiger partial charge in [0.15, 0.2) is 0 Å². The van der Waals surface area contributed by atoms with Crippen LogP contribution in [0.3, 0.4) is 0 Å². The summed E-state index contributed by atoms with van der Waals surface area (Å²) in [5, 5.41) is 13.2. The topological polar surface area (TPSA) is 52.6 Å². The van der Waals surface area contributed by atoms with Crippen LogP contribution in [-0.4, -0.2) is 31.2 Å². The van der Waals surface area contributed by atoms with Crippen LogP contribution in [0.1, 0.15) is 29.2 Å². The molecule has 0 saturated carbocycles. The Morgan fingerprint density at radius 1 is 1.32 bits per heavy atom. The van der Waals surface area contributed by atoms with Crippen molar-refractivity contribution in [1.29, 1.82) is 0 Å². The summed E-state index contributed by atoms with van der Waals surface area (Å²) in [6, 6.07) is 14.0. The van der Waals surface area contributed by atoms with Gasteiger partial charge in [-0.3, -0.25) is 4.79 Å². The molecule has 0 aromatic heterocycles. The third-order valence-corrected chi connectivity index (χ3v) is 5.46. The number of halogens is 1. The third-order valence-electron chi connectivity index (χ3n) is 4.69. The second-order valence-electron chi connectivity index (χ2n) is 6.47. The normalized spacial score (nSPS) is 14.3. The lowest BCUT2D eigenvalue weighted by molar-refractivity contribution is -0.121. The minimum atomic E-state index is -0.677. The smallest absolute Gasteiger partial charge is 0.220 e. The van der Waals surface area contributed by atoms with Gasteiger partial charge < -0.3 is 15.3 Å². The molecule has 1 amide bonds. The van der Waals surface area contributed by atoms with E-state index >= 15 is 0 Å². The Hall–Kier alpha value is -1.85. The second kappa shape index (κ2) is 8.02. The summed E-state index contributed by atoms with van der Waals surface area (Å²) in [7, 11) is 2.08. The number of benzene rings is 2. The number of aryl methyl sites for hydroxylation is 1. The Kier molecular flexibility index (Phi) is 5.76. The molecule has 0 radical (unpaired) electrons. The van der Waals surface area contributed by atoms with Crippen molar-refractivity contribution in [2.45, 2.75) is 25.4 Å². The van der Waals surface area contributed by atoms with Gasteiger partial charge in [-0.25, -0.2) is 0 Å². The molecule has 0 bridgehead atoms. The number of rotatable bonds is 6. The van der Waals surface area contributed by atoms with Crippen molar-refractivity contribution in [3.05, 3.63) is 63.6 Å². The summed E-state index contributed by atoms with van der Waals surface area (Å²) in [4.78, 5) is 14.3. The zero-order chi connectivity index (χ0) is 17.8. The number of amides is 1. The van der Waals surface area contributed by atoms with Crippen LogP contribution < -0.4 is 10.2 Å². The predicted molar refractivity (Wildman–Crippen MR) is 104 cm³/mol. The van der Waals surface area contributed by atoms with Crippen LogP contribution in [0.25, 0.3) is 0 Å². The lowest BCUT2D eigenvalue weighted by atomic mass is 10.0. The maximum Gasteiger partial charge on any atom is 0.220 e. The van der Waals surface area contributed by atoms with E-state index in [1.54, 1.807) is 0 Å². The van der Waals surface area contributed by atoms with E-state index in [0.29, 0.717) is 12.8 Å². The number of aliphatic hydroxyl groups excluding tert-OH is 1. The number of nitrogens with zero attached hydrogens (tertiary/aromatic N) is 1. The molecule has 1 aliphatic heterocycles. The zero-order valence-corrected chi connectivity index (χ0v) is 15.9. The Morgan fingerprint density at radius 3 is 2.92 bits per heavy atom. The van der Waals surface area contributed by atoms with Gasteiger partial charge in [-0.1, -0.05) is 46.3 Å². The summed E-state index contributed by atoms with van der Waals surface area (Å²) in [6.45, 7) is 1.25. The van der Waals surface area contributed by atoms with Crippen molar-refractivity contribution < 1.29 is 9.90 Å². The molecule has 0 aliphatic carbocycles. The van der Waals surface area contributed by atoms with Gasteiger partial charge in [-0.05, 0) is 41.7 Å². The van der Waals surface area contributed by atoms with E-state index in [1.165, 1.54) is 11.3 Å². The first-order valence-electron chi connectivity index (χ1n) is 8.56. The summed E-state index contributed by atoms with van der Waals surface area (Å²) in [5.74, 6) is -0.0457. The average molecular weight is 403 g/mol. The Morgan fingerprint density at radius 2 is 2.12 bits per heavy atom. The molecular weight excluding hydrogens is 380 g/mol. The van der Waals surface area contributed by atoms with Crippen molar-refractivity contribution in [2.75, 3.05) is 25.0 Å². The number of carbonyl (C=O) groups is 1. The van der Waals surface area contributed by atoms with Crippen molar-refractivity contribution >= 4 is 27.5 Å². The van der Waals surface area contributed by atoms with Gasteiger partial charge in [0.1, 0.15) is 0 Å². The average Bonchev–Trinajstić information content (AvgIpc) is 2.99. The van der Waals surface area contributed by atoms with Crippen LogP contribution in [0.15, 0.2) is 46.9 Å². The van der Waals surface area contributed by atoms with E-state index in [0.717, 1.165) is 28.6 Å². The number of nitrogens with one attached hydrogen (secondary N) is 1. The van der Waals surface area contributed by atoms with Gasteiger partial charge in [0, 0.05) is 36.7 Å². The van der Waals surface area contributed by atoms with Gasteiger partial charge in [0.2, 0.25) is 5.91 Å². The SMILES string of the molecule is CN1CCc2cc(C(O)CNC(=O)CCc3ccccc3Br)ccc21. The lowest BCUT2D eigenvalue weighted by Gasteiger charge is -2.15. The largest absolute Gasteiger partial charge is 0.387 e. The Labute approximate surface area is 157 Å². The highest BCUT2D eigenvalue weighted by molar-refractivity contribution is 9.10. The molecule has 1 unspecified atom stereocenters. The fourth-order valence-corrected chi connectivity index (χ4v) is 3.64.